The van der Waals surface area contributed by atoms with Crippen LogP contribution in [-0.4, -0.2) is 36.7 Å². The van der Waals surface area contributed by atoms with E-state index in [2.05, 4.69) is 0 Å². The molecule has 15 heavy (non-hydrogen) atoms. The quantitative estimate of drug-likeness (QED) is 0.316. The molecule has 1 N–H and O–H groups in total. The predicted octanol–water partition coefficient (Wildman–Crippen LogP) is 0.960. The number of nitrogens with zero attached hydrogens (tertiary/aromatic N) is 2. The number of carboxylic acid groups (broad SMARTS) is 1. The first-order valence-electron chi connectivity index (χ1n) is 4.38. The molecular weight excluding hydrogens is 196 g/mol. The third-order valence-electron chi connectivity index (χ3n) is 1.40. The summed E-state index contributed by atoms with van der Waals surface area (Å²) in [5.74, 6) is -1.22. The predicted molar refractivity (Wildman–Crippen MR) is 54.7 cm³/mol. The summed E-state index contributed by atoms with van der Waals surface area (Å²) in [4.78, 5) is 12.4. The van der Waals surface area contributed by atoms with Gasteiger partial charge in [-0.15, -0.1) is 0 Å². The highest BCUT2D eigenvalue weighted by Gasteiger charge is 2.13. The zero-order valence-corrected chi connectivity index (χ0v) is 9.02. The minimum atomic E-state index is -1.29. The molecule has 0 aromatic rings. The SMILES string of the molecule is CCOC(/C=C/N(C)C)=C(/C#N)C(=O)O. The van der Waals surface area contributed by atoms with Gasteiger partial charge in [0.25, 0.3) is 0 Å². The Morgan fingerprint density at radius 1 is 1.60 bits per heavy atom. The summed E-state index contributed by atoms with van der Waals surface area (Å²) in [5, 5.41) is 17.4. The molecule has 0 bridgehead atoms. The number of hydrogen-bond donors (Lipinski definition) is 1. The molecule has 0 aromatic heterocycles. The number of aliphatic carboxylic acids is 1. The van der Waals surface area contributed by atoms with Gasteiger partial charge in [0.05, 0.1) is 6.61 Å². The van der Waals surface area contributed by atoms with Crippen LogP contribution in [0.4, 0.5) is 0 Å². The molecule has 0 fully saturated rings. The van der Waals surface area contributed by atoms with Gasteiger partial charge in [0.1, 0.15) is 11.8 Å². The van der Waals surface area contributed by atoms with Crippen molar-refractivity contribution in [2.45, 2.75) is 6.92 Å². The van der Waals surface area contributed by atoms with E-state index in [1.807, 2.05) is 0 Å². The minimum absolute atomic E-state index is 0.0706. The molecule has 82 valence electrons. The van der Waals surface area contributed by atoms with E-state index in [1.54, 1.807) is 38.2 Å². The van der Waals surface area contributed by atoms with Crippen molar-refractivity contribution in [3.63, 3.8) is 0 Å². The average Bonchev–Trinajstić information content (AvgIpc) is 2.14. The zero-order valence-electron chi connectivity index (χ0n) is 9.02. The summed E-state index contributed by atoms with van der Waals surface area (Å²) in [6, 6.07) is 1.60. The van der Waals surface area contributed by atoms with Crippen LogP contribution >= 0.6 is 0 Å². The molecule has 0 rings (SSSR count). The van der Waals surface area contributed by atoms with Gasteiger partial charge in [-0.05, 0) is 13.0 Å². The van der Waals surface area contributed by atoms with Gasteiger partial charge in [-0.3, -0.25) is 0 Å². The smallest absolute Gasteiger partial charge is 0.350 e. The van der Waals surface area contributed by atoms with Crippen LogP contribution in [0.2, 0.25) is 0 Å². The number of nitriles is 1. The maximum absolute atomic E-state index is 10.7. The summed E-state index contributed by atoms with van der Waals surface area (Å²) in [6.07, 6.45) is 3.07. The summed E-state index contributed by atoms with van der Waals surface area (Å²) in [7, 11) is 3.57. The average molecular weight is 210 g/mol. The van der Waals surface area contributed by atoms with Crippen LogP contribution in [-0.2, 0) is 9.53 Å². The maximum Gasteiger partial charge on any atom is 0.350 e. The van der Waals surface area contributed by atoms with E-state index < -0.39 is 11.5 Å². The van der Waals surface area contributed by atoms with E-state index in [-0.39, 0.29) is 5.76 Å². The molecule has 0 aliphatic carbocycles. The Balaban J connectivity index is 5.09. The molecule has 0 spiro atoms. The van der Waals surface area contributed by atoms with Crippen LogP contribution in [0.5, 0.6) is 0 Å². The highest BCUT2D eigenvalue weighted by molar-refractivity contribution is 5.92. The third kappa shape index (κ3) is 4.72. The van der Waals surface area contributed by atoms with Crippen LogP contribution in [0.1, 0.15) is 6.92 Å². The fourth-order valence-electron chi connectivity index (χ4n) is 0.784. The zero-order chi connectivity index (χ0) is 11.8. The molecule has 0 atom stereocenters. The van der Waals surface area contributed by atoms with Crippen LogP contribution in [0.3, 0.4) is 0 Å². The normalized spacial score (nSPS) is 11.9. The summed E-state index contributed by atoms with van der Waals surface area (Å²) in [6.45, 7) is 2.03. The lowest BCUT2D eigenvalue weighted by atomic mass is 10.2. The Labute approximate surface area is 88.9 Å². The van der Waals surface area contributed by atoms with Crippen molar-refractivity contribution in [2.24, 2.45) is 0 Å². The van der Waals surface area contributed by atoms with Gasteiger partial charge in [-0.1, -0.05) is 0 Å². The molecule has 5 heteroatoms. The van der Waals surface area contributed by atoms with Crippen molar-refractivity contribution in [3.05, 3.63) is 23.6 Å². The summed E-state index contributed by atoms with van der Waals surface area (Å²) < 4.78 is 5.07. The molecule has 0 saturated heterocycles. The van der Waals surface area contributed by atoms with Gasteiger partial charge in [-0.2, -0.15) is 5.26 Å². The highest BCUT2D eigenvalue weighted by atomic mass is 16.5. The Bertz CT molecular complexity index is 324. The second kappa shape index (κ2) is 6.49. The van der Waals surface area contributed by atoms with Crippen LogP contribution < -0.4 is 0 Å². The highest BCUT2D eigenvalue weighted by Crippen LogP contribution is 2.08. The van der Waals surface area contributed by atoms with E-state index in [0.29, 0.717) is 6.61 Å². The van der Waals surface area contributed by atoms with E-state index in [0.717, 1.165) is 0 Å². The van der Waals surface area contributed by atoms with Gasteiger partial charge in [0, 0.05) is 20.3 Å². The topological polar surface area (TPSA) is 73.6 Å². The molecule has 0 aliphatic rings. The number of hydrogen-bond acceptors (Lipinski definition) is 4. The Morgan fingerprint density at radius 3 is 2.53 bits per heavy atom. The lowest BCUT2D eigenvalue weighted by Crippen LogP contribution is -2.06. The molecule has 5 nitrogen and oxygen atoms in total. The van der Waals surface area contributed by atoms with E-state index in [4.69, 9.17) is 15.1 Å². The lowest BCUT2D eigenvalue weighted by molar-refractivity contribution is -0.132. The number of ether oxygens (including phenoxy) is 1. The Hall–Kier alpha value is -1.96. The summed E-state index contributed by atoms with van der Waals surface area (Å²) >= 11 is 0. The molecule has 0 amide bonds. The summed E-state index contributed by atoms with van der Waals surface area (Å²) in [5.41, 5.74) is -0.394. The minimum Gasteiger partial charge on any atom is -0.492 e. The standard InChI is InChI=1S/C10H14N2O3/c1-4-15-9(5-6-12(2)3)8(7-11)10(13)14/h5-6H,4H2,1-3H3,(H,13,14)/b6-5+,9-8-. The van der Waals surface area contributed by atoms with Crippen molar-refractivity contribution < 1.29 is 14.6 Å². The second-order valence-electron chi connectivity index (χ2n) is 2.87. The molecule has 0 radical (unpaired) electrons. The number of carbonyl (C=O) groups is 1. The van der Waals surface area contributed by atoms with Crippen LogP contribution in [0.25, 0.3) is 0 Å². The molecule has 0 unspecified atom stereocenters. The van der Waals surface area contributed by atoms with E-state index in [9.17, 15) is 4.79 Å². The molecule has 0 saturated carbocycles. The molecule has 0 aromatic carbocycles. The first-order valence-corrected chi connectivity index (χ1v) is 4.38. The van der Waals surface area contributed by atoms with Gasteiger partial charge in [-0.25, -0.2) is 4.79 Å². The fraction of sp³-hybridized carbons (Fsp3) is 0.400. The fourth-order valence-corrected chi connectivity index (χ4v) is 0.784. The Kier molecular flexibility index (Phi) is 5.64. The maximum atomic E-state index is 10.7. The van der Waals surface area contributed by atoms with Crippen molar-refractivity contribution in [2.75, 3.05) is 20.7 Å². The first kappa shape index (κ1) is 13.0. The molecule has 0 aliphatic heterocycles. The van der Waals surface area contributed by atoms with E-state index in [1.165, 1.54) is 6.08 Å². The van der Waals surface area contributed by atoms with Crippen LogP contribution in [0.15, 0.2) is 23.6 Å². The monoisotopic (exact) mass is 210 g/mol. The van der Waals surface area contributed by atoms with Gasteiger partial charge < -0.3 is 14.7 Å². The first-order chi connectivity index (χ1) is 7.02. The van der Waals surface area contributed by atoms with Crippen LogP contribution in [0, 0.1) is 11.3 Å². The van der Waals surface area contributed by atoms with Gasteiger partial charge >= 0.3 is 5.97 Å². The molecule has 0 heterocycles. The van der Waals surface area contributed by atoms with Crippen molar-refractivity contribution in [1.82, 2.24) is 4.90 Å². The molecular formula is C10H14N2O3. The number of rotatable bonds is 5. The Morgan fingerprint density at radius 2 is 2.20 bits per heavy atom. The second-order valence-corrected chi connectivity index (χ2v) is 2.87. The van der Waals surface area contributed by atoms with Crippen molar-refractivity contribution >= 4 is 5.97 Å². The third-order valence-corrected chi connectivity index (χ3v) is 1.40. The van der Waals surface area contributed by atoms with Crippen molar-refractivity contribution in [3.8, 4) is 6.07 Å². The van der Waals surface area contributed by atoms with Gasteiger partial charge in [0.15, 0.2) is 5.57 Å². The van der Waals surface area contributed by atoms with E-state index >= 15 is 0 Å². The van der Waals surface area contributed by atoms with Crippen molar-refractivity contribution in [1.29, 1.82) is 5.26 Å². The van der Waals surface area contributed by atoms with Gasteiger partial charge in [0.2, 0.25) is 0 Å². The number of allylic oxidation sites excluding steroid dienone is 1. The lowest BCUT2D eigenvalue weighted by Gasteiger charge is -2.07. The number of carboxylic acids is 1. The largest absolute Gasteiger partial charge is 0.492 e.